The summed E-state index contributed by atoms with van der Waals surface area (Å²) in [5, 5.41) is 15.7. The Morgan fingerprint density at radius 3 is 3.11 bits per heavy atom. The van der Waals surface area contributed by atoms with Gasteiger partial charge in [0.05, 0.1) is 11.1 Å². The van der Waals surface area contributed by atoms with Crippen molar-refractivity contribution in [2.45, 2.75) is 51.6 Å². The average Bonchev–Trinajstić information content (AvgIpc) is 2.80. The van der Waals surface area contributed by atoms with Crippen LogP contribution >= 0.6 is 11.3 Å². The number of aliphatic hydroxyl groups excluding tert-OH is 1. The Morgan fingerprint density at radius 1 is 1.58 bits per heavy atom. The van der Waals surface area contributed by atoms with E-state index >= 15 is 0 Å². The molecule has 1 fully saturated rings. The maximum atomic E-state index is 11.9. The zero-order chi connectivity index (χ0) is 13.7. The van der Waals surface area contributed by atoms with E-state index in [2.05, 4.69) is 15.7 Å². The first kappa shape index (κ1) is 14.5. The van der Waals surface area contributed by atoms with Crippen molar-refractivity contribution in [2.75, 3.05) is 6.54 Å². The molecular weight excluding hydrogens is 260 g/mol. The number of aryl methyl sites for hydroxylation is 2. The molecule has 0 aromatic carbocycles. The maximum absolute atomic E-state index is 11.9. The van der Waals surface area contributed by atoms with Gasteiger partial charge in [-0.1, -0.05) is 6.42 Å². The van der Waals surface area contributed by atoms with Crippen LogP contribution in [0.5, 0.6) is 0 Å². The van der Waals surface area contributed by atoms with E-state index in [0.717, 1.165) is 42.8 Å². The normalized spacial score (nSPS) is 23.3. The largest absolute Gasteiger partial charge is 0.393 e. The number of hydrogen-bond acceptors (Lipinski definition) is 4. The number of amides is 1. The lowest BCUT2D eigenvalue weighted by atomic mass is 9.87. The van der Waals surface area contributed by atoms with Crippen molar-refractivity contribution in [1.29, 1.82) is 0 Å². The third-order valence-corrected chi connectivity index (χ3v) is 4.58. The fourth-order valence-electron chi connectivity index (χ4n) is 2.52. The smallest absolute Gasteiger partial charge is 0.223 e. The van der Waals surface area contributed by atoms with E-state index in [1.165, 1.54) is 0 Å². The molecule has 0 aliphatic heterocycles. The second kappa shape index (κ2) is 7.01. The molecule has 4 nitrogen and oxygen atoms in total. The Hall–Kier alpha value is -0.940. The molecule has 19 heavy (non-hydrogen) atoms. The Labute approximate surface area is 118 Å². The summed E-state index contributed by atoms with van der Waals surface area (Å²) >= 11 is 1.68. The average molecular weight is 282 g/mol. The highest BCUT2D eigenvalue weighted by Crippen LogP contribution is 2.24. The van der Waals surface area contributed by atoms with E-state index in [9.17, 15) is 9.90 Å². The van der Waals surface area contributed by atoms with Crippen LogP contribution < -0.4 is 5.32 Å². The van der Waals surface area contributed by atoms with Crippen LogP contribution in [0, 0.1) is 12.8 Å². The summed E-state index contributed by atoms with van der Waals surface area (Å²) in [7, 11) is 0. The van der Waals surface area contributed by atoms with E-state index in [1.54, 1.807) is 11.3 Å². The summed E-state index contributed by atoms with van der Waals surface area (Å²) in [5.74, 6) is 0.111. The van der Waals surface area contributed by atoms with E-state index in [-0.39, 0.29) is 17.9 Å². The molecule has 1 aromatic heterocycles. The van der Waals surface area contributed by atoms with Crippen LogP contribution in [0.25, 0.3) is 0 Å². The number of nitrogens with one attached hydrogen (secondary N) is 1. The number of hydrogen-bond donors (Lipinski definition) is 2. The highest BCUT2D eigenvalue weighted by Gasteiger charge is 2.25. The molecular formula is C14H22N2O2S. The maximum Gasteiger partial charge on any atom is 0.223 e. The molecule has 0 unspecified atom stereocenters. The molecule has 0 saturated heterocycles. The van der Waals surface area contributed by atoms with Crippen molar-refractivity contribution in [3.05, 3.63) is 16.1 Å². The first-order valence-electron chi connectivity index (χ1n) is 7.02. The van der Waals surface area contributed by atoms with Crippen molar-refractivity contribution in [3.63, 3.8) is 0 Å². The van der Waals surface area contributed by atoms with Crippen LogP contribution in [-0.2, 0) is 11.2 Å². The van der Waals surface area contributed by atoms with Crippen LogP contribution in [0.15, 0.2) is 5.38 Å². The number of aromatic nitrogens is 1. The summed E-state index contributed by atoms with van der Waals surface area (Å²) in [4.78, 5) is 16.3. The monoisotopic (exact) mass is 282 g/mol. The number of aliphatic hydroxyl groups is 1. The van der Waals surface area contributed by atoms with E-state index < -0.39 is 0 Å². The summed E-state index contributed by atoms with van der Waals surface area (Å²) in [5.41, 5.74) is 1.07. The van der Waals surface area contributed by atoms with Gasteiger partial charge >= 0.3 is 0 Å². The van der Waals surface area contributed by atoms with Crippen LogP contribution in [0.3, 0.4) is 0 Å². The van der Waals surface area contributed by atoms with Gasteiger partial charge in [0, 0.05) is 30.0 Å². The van der Waals surface area contributed by atoms with Crippen molar-refractivity contribution in [3.8, 4) is 0 Å². The Balaban J connectivity index is 1.63. The van der Waals surface area contributed by atoms with Gasteiger partial charge in [-0.15, -0.1) is 11.3 Å². The van der Waals surface area contributed by atoms with Gasteiger partial charge in [0.2, 0.25) is 5.91 Å². The highest BCUT2D eigenvalue weighted by atomic mass is 32.1. The van der Waals surface area contributed by atoms with Crippen molar-refractivity contribution >= 4 is 17.2 Å². The number of thiazole rings is 1. The van der Waals surface area contributed by atoms with Crippen LogP contribution in [-0.4, -0.2) is 28.6 Å². The summed E-state index contributed by atoms with van der Waals surface area (Å²) < 4.78 is 0. The van der Waals surface area contributed by atoms with E-state index in [0.29, 0.717) is 13.0 Å². The summed E-state index contributed by atoms with van der Waals surface area (Å²) in [6.07, 6.45) is 4.89. The second-order valence-corrected chi connectivity index (χ2v) is 6.24. The fraction of sp³-hybridized carbons (Fsp3) is 0.714. The molecule has 1 aliphatic carbocycles. The first-order valence-corrected chi connectivity index (χ1v) is 7.90. The molecule has 5 heteroatoms. The van der Waals surface area contributed by atoms with Gasteiger partial charge in [-0.25, -0.2) is 4.98 Å². The Morgan fingerprint density at radius 2 is 2.42 bits per heavy atom. The summed E-state index contributed by atoms with van der Waals surface area (Å²) in [6, 6.07) is 0. The van der Waals surface area contributed by atoms with Crippen LogP contribution in [0.4, 0.5) is 0 Å². The van der Waals surface area contributed by atoms with Crippen molar-refractivity contribution < 1.29 is 9.90 Å². The lowest BCUT2D eigenvalue weighted by Gasteiger charge is -2.24. The van der Waals surface area contributed by atoms with Gasteiger partial charge in [-0.2, -0.15) is 0 Å². The minimum atomic E-state index is -0.289. The van der Waals surface area contributed by atoms with Gasteiger partial charge in [-0.05, 0) is 32.6 Å². The molecule has 1 aliphatic rings. The molecule has 2 atom stereocenters. The number of nitrogens with zero attached hydrogens (tertiary/aromatic N) is 1. The summed E-state index contributed by atoms with van der Waals surface area (Å²) in [6.45, 7) is 2.69. The molecule has 0 radical (unpaired) electrons. The molecule has 0 bridgehead atoms. The molecule has 1 amide bonds. The van der Waals surface area contributed by atoms with Gasteiger partial charge in [0.15, 0.2) is 0 Å². The molecule has 1 aromatic rings. The third-order valence-electron chi connectivity index (χ3n) is 3.55. The quantitative estimate of drug-likeness (QED) is 0.813. The fourth-order valence-corrected chi connectivity index (χ4v) is 3.33. The van der Waals surface area contributed by atoms with Crippen molar-refractivity contribution in [1.82, 2.24) is 10.3 Å². The molecule has 1 saturated carbocycles. The number of rotatable bonds is 5. The number of carbonyl (C=O) groups excluding carboxylic acids is 1. The molecule has 1 heterocycles. The second-order valence-electron chi connectivity index (χ2n) is 5.29. The van der Waals surface area contributed by atoms with Gasteiger partial charge in [0.1, 0.15) is 0 Å². The molecule has 106 valence electrons. The SMILES string of the molecule is Cc1csc(CCCNC(=O)[C@@H]2CCC[C@@H](O)C2)n1. The van der Waals surface area contributed by atoms with Gasteiger partial charge in [-0.3, -0.25) is 4.79 Å². The predicted octanol–water partition coefficient (Wildman–Crippen LogP) is 2.05. The first-order chi connectivity index (χ1) is 9.15. The van der Waals surface area contributed by atoms with E-state index in [1.807, 2.05) is 6.92 Å². The minimum absolute atomic E-state index is 0.00542. The van der Waals surface area contributed by atoms with Gasteiger partial charge < -0.3 is 10.4 Å². The molecule has 2 rings (SSSR count). The van der Waals surface area contributed by atoms with Crippen molar-refractivity contribution in [2.24, 2.45) is 5.92 Å². The standard InChI is InChI=1S/C14H22N2O2S/c1-10-9-19-13(16-10)6-3-7-15-14(18)11-4-2-5-12(17)8-11/h9,11-12,17H,2-8H2,1H3,(H,15,18)/t11-,12-/m1/s1. The Bertz CT molecular complexity index is 419. The third kappa shape index (κ3) is 4.58. The zero-order valence-electron chi connectivity index (χ0n) is 11.4. The highest BCUT2D eigenvalue weighted by molar-refractivity contribution is 7.09. The minimum Gasteiger partial charge on any atom is -0.393 e. The number of carbonyl (C=O) groups is 1. The lowest BCUT2D eigenvalue weighted by Crippen LogP contribution is -2.35. The molecule has 2 N–H and O–H groups in total. The predicted molar refractivity (Wildman–Crippen MR) is 76.1 cm³/mol. The van der Waals surface area contributed by atoms with Crippen LogP contribution in [0.2, 0.25) is 0 Å². The van der Waals surface area contributed by atoms with Crippen LogP contribution in [0.1, 0.15) is 42.8 Å². The van der Waals surface area contributed by atoms with Gasteiger partial charge in [0.25, 0.3) is 0 Å². The zero-order valence-corrected chi connectivity index (χ0v) is 12.2. The van der Waals surface area contributed by atoms with E-state index in [4.69, 9.17) is 0 Å². The Kier molecular flexibility index (Phi) is 5.34. The lowest BCUT2D eigenvalue weighted by molar-refractivity contribution is -0.127. The molecule has 0 spiro atoms. The topological polar surface area (TPSA) is 62.2 Å².